The maximum absolute atomic E-state index is 12.8. The van der Waals surface area contributed by atoms with Gasteiger partial charge in [0.2, 0.25) is 5.91 Å². The number of nitrogens with zero attached hydrogens (tertiary/aromatic N) is 2. The first-order valence-corrected chi connectivity index (χ1v) is 8.89. The number of hydrogen-bond donors (Lipinski definition) is 3. The lowest BCUT2D eigenvalue weighted by atomic mass is 9.94. The molecule has 2 aliphatic rings. The number of rotatable bonds is 2. The van der Waals surface area contributed by atoms with Gasteiger partial charge in [-0.3, -0.25) is 20.4 Å². The van der Waals surface area contributed by atoms with Crippen molar-refractivity contribution in [1.82, 2.24) is 25.7 Å². The first-order valence-electron chi connectivity index (χ1n) is 8.89. The molecule has 132 valence electrons. The highest BCUT2D eigenvalue weighted by Crippen LogP contribution is 2.26. The molecule has 0 bridgehead atoms. The SMILES string of the molecule is CC1NNCC1C(=O)N1CCCC(c2nc3ccccc3c(=O)[nH]2)C1. The molecule has 0 spiro atoms. The van der Waals surface area contributed by atoms with Crippen LogP contribution in [-0.2, 0) is 4.79 Å². The summed E-state index contributed by atoms with van der Waals surface area (Å²) in [4.78, 5) is 34.6. The standard InChI is InChI=1S/C18H23N5O2/c1-11-14(9-19-22-11)18(25)23-8-4-5-12(10-23)16-20-15-7-3-2-6-13(15)17(24)21-16/h2-3,6-7,11-12,14,19,22H,4-5,8-10H2,1H3,(H,20,21,24). The van der Waals surface area contributed by atoms with E-state index in [4.69, 9.17) is 0 Å². The molecule has 7 nitrogen and oxygen atoms in total. The van der Waals surface area contributed by atoms with Crippen LogP contribution in [0.4, 0.5) is 0 Å². The molecule has 2 aliphatic heterocycles. The van der Waals surface area contributed by atoms with Crippen molar-refractivity contribution in [2.75, 3.05) is 19.6 Å². The largest absolute Gasteiger partial charge is 0.342 e. The molecule has 1 aromatic carbocycles. The number of carbonyl (C=O) groups excluding carboxylic acids is 1. The average molecular weight is 341 g/mol. The fraction of sp³-hybridized carbons (Fsp3) is 0.500. The number of fused-ring (bicyclic) bond motifs is 1. The molecular formula is C18H23N5O2. The number of hydrazine groups is 1. The van der Waals surface area contributed by atoms with Gasteiger partial charge < -0.3 is 9.88 Å². The number of aromatic nitrogens is 2. The van der Waals surface area contributed by atoms with Crippen molar-refractivity contribution >= 4 is 16.8 Å². The van der Waals surface area contributed by atoms with E-state index < -0.39 is 0 Å². The maximum atomic E-state index is 12.8. The minimum Gasteiger partial charge on any atom is -0.342 e. The zero-order chi connectivity index (χ0) is 17.4. The Labute approximate surface area is 145 Å². The second kappa shape index (κ2) is 6.57. The predicted molar refractivity (Wildman–Crippen MR) is 95.0 cm³/mol. The van der Waals surface area contributed by atoms with E-state index in [0.29, 0.717) is 29.8 Å². The summed E-state index contributed by atoms with van der Waals surface area (Å²) in [5.74, 6) is 0.907. The van der Waals surface area contributed by atoms with Crippen LogP contribution in [0.5, 0.6) is 0 Å². The van der Waals surface area contributed by atoms with Crippen LogP contribution in [0.1, 0.15) is 31.5 Å². The van der Waals surface area contributed by atoms with Crippen molar-refractivity contribution in [2.24, 2.45) is 5.92 Å². The van der Waals surface area contributed by atoms with E-state index in [-0.39, 0.29) is 29.3 Å². The summed E-state index contributed by atoms with van der Waals surface area (Å²) < 4.78 is 0. The van der Waals surface area contributed by atoms with Gasteiger partial charge >= 0.3 is 0 Å². The van der Waals surface area contributed by atoms with Gasteiger partial charge in [-0.15, -0.1) is 0 Å². The van der Waals surface area contributed by atoms with E-state index in [9.17, 15) is 9.59 Å². The molecule has 3 N–H and O–H groups in total. The van der Waals surface area contributed by atoms with Gasteiger partial charge in [-0.2, -0.15) is 0 Å². The number of benzene rings is 1. The van der Waals surface area contributed by atoms with Crippen LogP contribution in [0.3, 0.4) is 0 Å². The molecule has 0 aliphatic carbocycles. The normalized spacial score (nSPS) is 26.9. The number of hydrogen-bond acceptors (Lipinski definition) is 5. The lowest BCUT2D eigenvalue weighted by Crippen LogP contribution is -2.45. The smallest absolute Gasteiger partial charge is 0.258 e. The number of para-hydroxylation sites is 1. The van der Waals surface area contributed by atoms with Crippen LogP contribution in [0.25, 0.3) is 10.9 Å². The first kappa shape index (κ1) is 16.2. The van der Waals surface area contributed by atoms with Crippen molar-refractivity contribution in [3.8, 4) is 0 Å². The van der Waals surface area contributed by atoms with E-state index in [1.807, 2.05) is 30.0 Å². The summed E-state index contributed by atoms with van der Waals surface area (Å²) in [6, 6.07) is 7.49. The summed E-state index contributed by atoms with van der Waals surface area (Å²) in [6.07, 6.45) is 1.86. The number of nitrogens with one attached hydrogen (secondary N) is 3. The monoisotopic (exact) mass is 341 g/mol. The molecule has 25 heavy (non-hydrogen) atoms. The third-order valence-corrected chi connectivity index (χ3v) is 5.32. The summed E-state index contributed by atoms with van der Waals surface area (Å²) in [5, 5.41) is 0.604. The van der Waals surface area contributed by atoms with E-state index in [2.05, 4.69) is 20.8 Å². The zero-order valence-electron chi connectivity index (χ0n) is 14.3. The van der Waals surface area contributed by atoms with Gasteiger partial charge in [0.1, 0.15) is 5.82 Å². The van der Waals surface area contributed by atoms with Gasteiger partial charge in [0.05, 0.1) is 16.8 Å². The van der Waals surface area contributed by atoms with Crippen molar-refractivity contribution in [2.45, 2.75) is 31.7 Å². The Morgan fingerprint density at radius 1 is 1.32 bits per heavy atom. The van der Waals surface area contributed by atoms with E-state index >= 15 is 0 Å². The highest BCUT2D eigenvalue weighted by Gasteiger charge is 2.35. The fourth-order valence-corrected chi connectivity index (χ4v) is 3.84. The summed E-state index contributed by atoms with van der Waals surface area (Å²) in [6.45, 7) is 4.07. The van der Waals surface area contributed by atoms with Crippen LogP contribution in [0.2, 0.25) is 0 Å². The van der Waals surface area contributed by atoms with Gasteiger partial charge in [0, 0.05) is 31.6 Å². The molecule has 3 atom stereocenters. The highest BCUT2D eigenvalue weighted by molar-refractivity contribution is 5.80. The number of amides is 1. The van der Waals surface area contributed by atoms with E-state index in [1.165, 1.54) is 0 Å². The second-order valence-corrected chi connectivity index (χ2v) is 7.01. The Balaban J connectivity index is 1.57. The topological polar surface area (TPSA) is 90.1 Å². The molecule has 2 saturated heterocycles. The minimum atomic E-state index is -0.109. The number of piperidine rings is 1. The van der Waals surface area contributed by atoms with Gasteiger partial charge in [0.15, 0.2) is 0 Å². The zero-order valence-corrected chi connectivity index (χ0v) is 14.3. The molecule has 1 amide bonds. The molecule has 0 saturated carbocycles. The molecule has 3 heterocycles. The van der Waals surface area contributed by atoms with Crippen molar-refractivity contribution in [3.63, 3.8) is 0 Å². The van der Waals surface area contributed by atoms with Crippen LogP contribution in [0.15, 0.2) is 29.1 Å². The van der Waals surface area contributed by atoms with Crippen LogP contribution in [-0.4, -0.2) is 46.5 Å². The quantitative estimate of drug-likeness (QED) is 0.750. The highest BCUT2D eigenvalue weighted by atomic mass is 16.2. The first-order chi connectivity index (χ1) is 12.1. The van der Waals surface area contributed by atoms with E-state index in [0.717, 1.165) is 19.4 Å². The lowest BCUT2D eigenvalue weighted by molar-refractivity contribution is -0.136. The Morgan fingerprint density at radius 2 is 2.16 bits per heavy atom. The molecule has 7 heteroatoms. The van der Waals surface area contributed by atoms with Gasteiger partial charge in [-0.1, -0.05) is 12.1 Å². The third-order valence-electron chi connectivity index (χ3n) is 5.32. The van der Waals surface area contributed by atoms with Crippen LogP contribution < -0.4 is 16.4 Å². The number of carbonyl (C=O) groups is 1. The molecular weight excluding hydrogens is 318 g/mol. The lowest BCUT2D eigenvalue weighted by Gasteiger charge is -2.34. The number of likely N-dealkylation sites (tertiary alicyclic amines) is 1. The van der Waals surface area contributed by atoms with E-state index in [1.54, 1.807) is 6.07 Å². The summed E-state index contributed by atoms with van der Waals surface area (Å²) >= 11 is 0. The molecule has 0 radical (unpaired) electrons. The van der Waals surface area contributed by atoms with Crippen molar-refractivity contribution < 1.29 is 4.79 Å². The van der Waals surface area contributed by atoms with Crippen molar-refractivity contribution in [3.05, 3.63) is 40.4 Å². The van der Waals surface area contributed by atoms with Crippen LogP contribution in [0, 0.1) is 5.92 Å². The molecule has 2 aromatic rings. The second-order valence-electron chi connectivity index (χ2n) is 7.01. The average Bonchev–Trinajstić information content (AvgIpc) is 3.07. The number of H-pyrrole nitrogens is 1. The van der Waals surface area contributed by atoms with Gasteiger partial charge in [-0.25, -0.2) is 4.98 Å². The minimum absolute atomic E-state index is 0.0395. The Kier molecular flexibility index (Phi) is 4.27. The fourth-order valence-electron chi connectivity index (χ4n) is 3.84. The molecule has 4 rings (SSSR count). The predicted octanol–water partition coefficient (Wildman–Crippen LogP) is 0.742. The van der Waals surface area contributed by atoms with Crippen molar-refractivity contribution in [1.29, 1.82) is 0 Å². The maximum Gasteiger partial charge on any atom is 0.258 e. The Morgan fingerprint density at radius 3 is 2.96 bits per heavy atom. The van der Waals surface area contributed by atoms with Gasteiger partial charge in [0.25, 0.3) is 5.56 Å². The third kappa shape index (κ3) is 3.05. The Hall–Kier alpha value is -2.25. The van der Waals surface area contributed by atoms with Gasteiger partial charge in [-0.05, 0) is 31.9 Å². The molecule has 1 aromatic heterocycles. The summed E-state index contributed by atoms with van der Waals surface area (Å²) in [5.41, 5.74) is 6.76. The Bertz CT molecular complexity index is 849. The summed E-state index contributed by atoms with van der Waals surface area (Å²) in [7, 11) is 0. The molecule has 3 unspecified atom stereocenters. The number of aromatic amines is 1. The van der Waals surface area contributed by atoms with Crippen LogP contribution >= 0.6 is 0 Å². The molecule has 2 fully saturated rings.